The first-order valence-corrected chi connectivity index (χ1v) is 25.1. The van der Waals surface area contributed by atoms with Gasteiger partial charge >= 0.3 is 0 Å². The van der Waals surface area contributed by atoms with Gasteiger partial charge in [-0.2, -0.15) is 0 Å². The van der Waals surface area contributed by atoms with Crippen molar-refractivity contribution in [3.05, 3.63) is 232 Å². The Morgan fingerprint density at radius 1 is 0.603 bits per heavy atom. The van der Waals surface area contributed by atoms with Crippen LogP contribution in [-0.2, 0) is 5.41 Å². The predicted octanol–water partition coefficient (Wildman–Crippen LogP) is 14.1. The fraction of sp³-hybridized carbons (Fsp3) is 0.281. The lowest BCUT2D eigenvalue weighted by molar-refractivity contribution is 0.318. The lowest BCUT2D eigenvalue weighted by Gasteiger charge is -2.35. The summed E-state index contributed by atoms with van der Waals surface area (Å²) in [4.78, 5) is 15.5. The van der Waals surface area contributed by atoms with E-state index in [0.717, 1.165) is 36.5 Å². The van der Waals surface area contributed by atoms with E-state index < -0.39 is 0 Å². The lowest BCUT2D eigenvalue weighted by atomic mass is 9.69. The van der Waals surface area contributed by atoms with E-state index in [-0.39, 0.29) is 35.0 Å². The summed E-state index contributed by atoms with van der Waals surface area (Å²) >= 11 is 0. The van der Waals surface area contributed by atoms with Crippen molar-refractivity contribution in [3.8, 4) is 11.1 Å². The molecular weight excluding hydrogens is 825 g/mol. The van der Waals surface area contributed by atoms with Gasteiger partial charge in [0.05, 0.1) is 30.2 Å². The van der Waals surface area contributed by atoms with Crippen molar-refractivity contribution in [3.63, 3.8) is 0 Å². The number of rotatable bonds is 6. The molecule has 2 aliphatic heterocycles. The summed E-state index contributed by atoms with van der Waals surface area (Å²) in [6.45, 7) is 14.8. The molecule has 0 amide bonds. The zero-order valence-electron chi connectivity index (χ0n) is 40.2. The van der Waals surface area contributed by atoms with E-state index in [2.05, 4.69) is 227 Å². The first-order valence-electron chi connectivity index (χ1n) is 25.1. The number of fused-ring (bicyclic) bond motifs is 6. The largest absolute Gasteiger partial charge is 0.341 e. The number of amidine groups is 2. The van der Waals surface area contributed by atoms with Crippen molar-refractivity contribution in [1.82, 2.24) is 4.90 Å². The molecule has 0 bridgehead atoms. The molecule has 0 fully saturated rings. The highest BCUT2D eigenvalue weighted by Gasteiger charge is 2.51. The van der Waals surface area contributed by atoms with E-state index in [0.29, 0.717) is 17.9 Å². The molecular formula is C64H60N4. The molecule has 0 saturated heterocycles. The monoisotopic (exact) mass is 884 g/mol. The Morgan fingerprint density at radius 2 is 1.25 bits per heavy atom. The van der Waals surface area contributed by atoms with Crippen LogP contribution < -0.4 is 4.90 Å². The van der Waals surface area contributed by atoms with Crippen LogP contribution in [0.4, 0.5) is 5.69 Å². The maximum atomic E-state index is 5.31. The fourth-order valence-corrected chi connectivity index (χ4v) is 13.5. The van der Waals surface area contributed by atoms with E-state index in [1.165, 1.54) is 55.8 Å². The molecule has 2 heterocycles. The van der Waals surface area contributed by atoms with Crippen LogP contribution in [0.2, 0.25) is 0 Å². The Hall–Kier alpha value is -6.78. The Bertz CT molecular complexity index is 3190. The number of hydrogen-bond acceptors (Lipinski definition) is 4. The molecule has 336 valence electrons. The zero-order valence-corrected chi connectivity index (χ0v) is 40.2. The van der Waals surface area contributed by atoms with Crippen molar-refractivity contribution < 1.29 is 0 Å². The summed E-state index contributed by atoms with van der Waals surface area (Å²) in [6.07, 6.45) is 35.1. The van der Waals surface area contributed by atoms with Gasteiger partial charge in [0.25, 0.3) is 0 Å². The quantitative estimate of drug-likeness (QED) is 0.193. The number of allylic oxidation sites excluding steroid dienone is 14. The van der Waals surface area contributed by atoms with Gasteiger partial charge in [0.2, 0.25) is 0 Å². The minimum Gasteiger partial charge on any atom is -0.341 e. The van der Waals surface area contributed by atoms with Gasteiger partial charge in [-0.3, -0.25) is 9.98 Å². The molecule has 0 aromatic heterocycles. The van der Waals surface area contributed by atoms with E-state index in [4.69, 9.17) is 9.98 Å². The molecule has 0 saturated carbocycles. The molecule has 4 aromatic carbocycles. The molecule has 7 aliphatic carbocycles. The number of aliphatic imine (C=N–C) groups is 2. The van der Waals surface area contributed by atoms with Crippen LogP contribution in [0.3, 0.4) is 0 Å². The van der Waals surface area contributed by atoms with E-state index in [9.17, 15) is 0 Å². The van der Waals surface area contributed by atoms with Gasteiger partial charge in [-0.25, -0.2) is 0 Å². The molecule has 9 aliphatic rings. The third-order valence-electron chi connectivity index (χ3n) is 17.0. The molecule has 7 atom stereocenters. The second kappa shape index (κ2) is 15.4. The van der Waals surface area contributed by atoms with Gasteiger partial charge in [0, 0.05) is 22.2 Å². The number of aryl methyl sites for hydroxylation is 1. The number of para-hydroxylation sites is 1. The topological polar surface area (TPSA) is 31.2 Å². The van der Waals surface area contributed by atoms with Crippen LogP contribution in [0.1, 0.15) is 87.3 Å². The standard InChI is InChI=1S/C64H60N4/c1-39-33-45(41-25-29-43(30-26-41)61-65-55-21-13-15-23-57(55)67(61)47-17-9-7-10-18-47)35-53-59(39)49-37-52-50(38-51(49)63(53,3)4)60-40(2)34-46(36-54(60)64(52,5)6)42-27-31-44(32-28-42)62-66-56-22-14-16-24-58(56)68(62)48-19-11-8-12-20-48/h7-19,21-33,35-36,38,40,48,52,55-58H,20,34,37H2,1-6H3. The van der Waals surface area contributed by atoms with Crippen molar-refractivity contribution in [2.75, 3.05) is 4.90 Å². The van der Waals surface area contributed by atoms with Gasteiger partial charge in [0.1, 0.15) is 11.7 Å². The van der Waals surface area contributed by atoms with Crippen LogP contribution in [0, 0.1) is 24.2 Å². The predicted molar refractivity (Wildman–Crippen MR) is 284 cm³/mol. The summed E-state index contributed by atoms with van der Waals surface area (Å²) < 4.78 is 0. The summed E-state index contributed by atoms with van der Waals surface area (Å²) in [7, 11) is 0. The van der Waals surface area contributed by atoms with Gasteiger partial charge in [0.15, 0.2) is 0 Å². The second-order valence-electron chi connectivity index (χ2n) is 21.7. The third-order valence-corrected chi connectivity index (χ3v) is 17.0. The molecule has 0 N–H and O–H groups in total. The summed E-state index contributed by atoms with van der Waals surface area (Å²) in [5, 5.41) is 0. The van der Waals surface area contributed by atoms with Crippen molar-refractivity contribution >= 4 is 28.5 Å². The molecule has 4 nitrogen and oxygen atoms in total. The maximum Gasteiger partial charge on any atom is 0.136 e. The summed E-state index contributed by atoms with van der Waals surface area (Å²) in [5.74, 6) is 3.04. The Morgan fingerprint density at radius 3 is 1.99 bits per heavy atom. The summed E-state index contributed by atoms with van der Waals surface area (Å²) in [6, 6.07) is 35.3. The van der Waals surface area contributed by atoms with Crippen molar-refractivity contribution in [2.45, 2.75) is 96.4 Å². The smallest absolute Gasteiger partial charge is 0.136 e. The first kappa shape index (κ1) is 41.4. The SMILES string of the molecule is Cc1cc(-c2ccc(C3=NC4C=CC=CC4N3c3ccccc3)cc2)cc2c1C1=C(C=C3C4=C(C=C(c5ccc(C6=NC7C=CC=CC7N6C6C=CC=CC6)cc5)CC4C)C(C)(C)C3C1)C2(C)C. The van der Waals surface area contributed by atoms with Crippen LogP contribution in [0.25, 0.3) is 22.3 Å². The van der Waals surface area contributed by atoms with E-state index in [1.807, 2.05) is 0 Å². The normalized spacial score (nSPS) is 28.5. The van der Waals surface area contributed by atoms with Gasteiger partial charge in [-0.15, -0.1) is 0 Å². The highest BCUT2D eigenvalue weighted by Crippen LogP contribution is 2.64. The van der Waals surface area contributed by atoms with E-state index >= 15 is 0 Å². The highest BCUT2D eigenvalue weighted by atomic mass is 15.3. The highest BCUT2D eigenvalue weighted by molar-refractivity contribution is 6.12. The lowest BCUT2D eigenvalue weighted by Crippen LogP contribution is -2.45. The molecule has 7 unspecified atom stereocenters. The molecule has 4 heteroatoms. The molecule has 0 radical (unpaired) electrons. The Balaban J connectivity index is 0.789. The average Bonchev–Trinajstić information content (AvgIpc) is 4.07. The van der Waals surface area contributed by atoms with Crippen LogP contribution in [0.5, 0.6) is 0 Å². The molecule has 68 heavy (non-hydrogen) atoms. The van der Waals surface area contributed by atoms with Crippen LogP contribution in [-0.4, -0.2) is 46.8 Å². The minimum atomic E-state index is -0.100. The van der Waals surface area contributed by atoms with Crippen molar-refractivity contribution in [2.24, 2.45) is 27.2 Å². The number of hydrogen-bond donors (Lipinski definition) is 0. The van der Waals surface area contributed by atoms with Gasteiger partial charge < -0.3 is 9.80 Å². The van der Waals surface area contributed by atoms with Crippen LogP contribution >= 0.6 is 0 Å². The van der Waals surface area contributed by atoms with E-state index in [1.54, 1.807) is 22.3 Å². The average molecular weight is 885 g/mol. The Kier molecular flexibility index (Phi) is 9.36. The van der Waals surface area contributed by atoms with Gasteiger partial charge in [-0.05, 0) is 128 Å². The maximum absolute atomic E-state index is 5.31. The van der Waals surface area contributed by atoms with Crippen LogP contribution in [0.15, 0.2) is 208 Å². The first-order chi connectivity index (χ1) is 33.0. The molecule has 0 spiro atoms. The Labute approximate surface area is 403 Å². The minimum absolute atomic E-state index is 0.0183. The summed E-state index contributed by atoms with van der Waals surface area (Å²) in [5.41, 5.74) is 21.0. The molecule has 13 rings (SSSR count). The number of benzene rings is 4. The number of nitrogens with zero attached hydrogens (tertiary/aromatic N) is 4. The zero-order chi connectivity index (χ0) is 46.1. The number of anilines is 1. The fourth-order valence-electron chi connectivity index (χ4n) is 13.5. The van der Waals surface area contributed by atoms with Crippen molar-refractivity contribution in [1.29, 1.82) is 0 Å². The third kappa shape index (κ3) is 6.25. The van der Waals surface area contributed by atoms with Gasteiger partial charge in [-0.1, -0.05) is 192 Å². The molecule has 4 aromatic rings. The second-order valence-corrected chi connectivity index (χ2v) is 21.7.